The average molecular weight is 1710 g/mol. The van der Waals surface area contributed by atoms with Gasteiger partial charge in [0.2, 0.25) is 0 Å². The molecule has 624 valence electrons. The average Bonchev–Trinajstić information content (AvgIpc) is 1.57. The van der Waals surface area contributed by atoms with Crippen LogP contribution in [0, 0.1) is 0 Å². The molecule has 0 saturated carbocycles. The van der Waals surface area contributed by atoms with Gasteiger partial charge < -0.3 is 23.4 Å². The molecule has 0 atom stereocenters. The maximum absolute atomic E-state index is 6.47. The second-order valence-electron chi connectivity index (χ2n) is 36.2. The van der Waals surface area contributed by atoms with Crippen LogP contribution in [0.5, 0.6) is 0 Å². The highest BCUT2D eigenvalue weighted by molar-refractivity contribution is 7.26. The molecule has 2 aliphatic carbocycles. The van der Waals surface area contributed by atoms with Crippen molar-refractivity contribution in [3.63, 3.8) is 0 Å². The third-order valence-corrected chi connectivity index (χ3v) is 29.2. The van der Waals surface area contributed by atoms with Crippen molar-refractivity contribution >= 4 is 131 Å². The summed E-state index contributed by atoms with van der Waals surface area (Å²) < 4.78 is 13.9. The predicted octanol–water partition coefficient (Wildman–Crippen LogP) is 35.4. The van der Waals surface area contributed by atoms with Crippen LogP contribution in [-0.4, -0.2) is 9.13 Å². The highest BCUT2D eigenvalue weighted by atomic mass is 32.1. The Morgan fingerprint density at radius 2 is 0.530 bits per heavy atom. The molecule has 5 nitrogen and oxygen atoms in total. The summed E-state index contributed by atoms with van der Waals surface area (Å²) in [5, 5.41) is 9.86. The van der Waals surface area contributed by atoms with Gasteiger partial charge in [-0.2, -0.15) is 0 Å². The van der Waals surface area contributed by atoms with Gasteiger partial charge >= 0.3 is 0 Å². The number of hydrogen-bond acceptors (Lipinski definition) is 4. The van der Waals surface area contributed by atoms with E-state index in [1.54, 1.807) is 0 Å². The molecule has 4 aromatic heterocycles. The number of anilines is 6. The van der Waals surface area contributed by atoms with E-state index in [1.807, 2.05) is 23.5 Å². The van der Waals surface area contributed by atoms with E-state index < -0.39 is 0 Å². The summed E-state index contributed by atoms with van der Waals surface area (Å²) in [6.07, 6.45) is 0. The molecule has 24 aromatic rings. The first kappa shape index (κ1) is 77.9. The molecule has 0 bridgehead atoms. The van der Waals surface area contributed by atoms with Crippen molar-refractivity contribution in [3.05, 3.63) is 483 Å². The van der Waals surface area contributed by atoms with Crippen molar-refractivity contribution in [2.45, 2.75) is 38.5 Å². The van der Waals surface area contributed by atoms with Gasteiger partial charge in [0.1, 0.15) is 11.2 Å². The topological polar surface area (TPSA) is 29.5 Å². The second kappa shape index (κ2) is 31.2. The summed E-state index contributed by atoms with van der Waals surface area (Å²) in [6.45, 7) is 9.43. The van der Waals surface area contributed by atoms with Crippen LogP contribution in [0.15, 0.2) is 465 Å². The maximum atomic E-state index is 6.47. The molecule has 0 saturated heterocycles. The number of nitrogens with zero attached hydrogens (tertiary/aromatic N) is 4. The zero-order valence-corrected chi connectivity index (χ0v) is 74.3. The number of thiophene rings is 1. The largest absolute Gasteiger partial charge is 0.455 e. The fourth-order valence-corrected chi connectivity index (χ4v) is 22.7. The number of hydrogen-bond donors (Lipinski definition) is 0. The van der Waals surface area contributed by atoms with Gasteiger partial charge in [-0.1, -0.05) is 331 Å². The van der Waals surface area contributed by atoms with Crippen molar-refractivity contribution in [1.82, 2.24) is 9.13 Å². The van der Waals surface area contributed by atoms with E-state index in [4.69, 9.17) is 4.42 Å². The van der Waals surface area contributed by atoms with Gasteiger partial charge in [-0.05, 0) is 263 Å². The molecular formula is C126H88N4OS. The van der Waals surface area contributed by atoms with Crippen LogP contribution in [0.4, 0.5) is 34.1 Å². The Morgan fingerprint density at radius 3 is 0.977 bits per heavy atom. The minimum atomic E-state index is -0.128. The number of aromatic nitrogens is 2. The van der Waals surface area contributed by atoms with Crippen LogP contribution < -0.4 is 9.80 Å². The zero-order valence-electron chi connectivity index (χ0n) is 73.5. The van der Waals surface area contributed by atoms with Crippen LogP contribution in [0.2, 0.25) is 0 Å². The van der Waals surface area contributed by atoms with Crippen LogP contribution >= 0.6 is 11.3 Å². The van der Waals surface area contributed by atoms with Crippen molar-refractivity contribution in [3.8, 4) is 100 Å². The van der Waals surface area contributed by atoms with Crippen LogP contribution in [0.25, 0.3) is 186 Å². The molecule has 4 heterocycles. The third-order valence-electron chi connectivity index (χ3n) is 28.0. The molecule has 0 radical (unpaired) electrons. The van der Waals surface area contributed by atoms with Crippen molar-refractivity contribution in [1.29, 1.82) is 0 Å². The molecule has 20 aromatic carbocycles. The van der Waals surface area contributed by atoms with Gasteiger partial charge in [0.05, 0.1) is 22.1 Å². The van der Waals surface area contributed by atoms with E-state index in [-0.39, 0.29) is 10.8 Å². The molecule has 0 aliphatic heterocycles. The first-order chi connectivity index (χ1) is 64.9. The molecule has 2 aliphatic rings. The molecule has 0 N–H and O–H groups in total. The Labute approximate surface area is 771 Å². The molecule has 0 unspecified atom stereocenters. The minimum Gasteiger partial charge on any atom is -0.455 e. The van der Waals surface area contributed by atoms with Gasteiger partial charge in [-0.25, -0.2) is 0 Å². The Hall–Kier alpha value is -16.4. The van der Waals surface area contributed by atoms with E-state index in [1.165, 1.54) is 164 Å². The third kappa shape index (κ3) is 12.9. The van der Waals surface area contributed by atoms with Gasteiger partial charge in [0, 0.05) is 114 Å². The number of benzene rings is 20. The molecular weight excluding hydrogens is 1620 g/mol. The lowest BCUT2D eigenvalue weighted by Gasteiger charge is -2.28. The van der Waals surface area contributed by atoms with Gasteiger partial charge in [0.15, 0.2) is 0 Å². The zero-order chi connectivity index (χ0) is 87.9. The van der Waals surface area contributed by atoms with Gasteiger partial charge in [-0.3, -0.25) is 0 Å². The smallest absolute Gasteiger partial charge is 0.143 e. The van der Waals surface area contributed by atoms with Gasteiger partial charge in [-0.15, -0.1) is 11.3 Å². The number of para-hydroxylation sites is 4. The summed E-state index contributed by atoms with van der Waals surface area (Å²) in [7, 11) is 0. The van der Waals surface area contributed by atoms with Crippen LogP contribution in [-0.2, 0) is 10.8 Å². The standard InChI is InChI=1S/C63H44N2O.C63H44N2S/c2*1-63(2)57-22-11-9-18-51(57)52-35-34-49(40-58(52)63)64(48-32-26-43(27-33-48)50-20-13-21-54-53-19-10-12-23-61(53)66-62(50)54)47-30-24-42(25-31-47)45-29-37-60-56(39-45)55-38-44(41-14-5-3-6-15-41)28-36-59(55)65(60)46-16-7-4-8-17-46/h2*3-40H,1-2H3. The van der Waals surface area contributed by atoms with Crippen LogP contribution in [0.3, 0.4) is 0 Å². The number of fused-ring (bicyclic) bond motifs is 18. The normalized spacial score (nSPS) is 12.8. The Morgan fingerprint density at radius 1 is 0.212 bits per heavy atom. The Bertz CT molecular complexity index is 8150. The molecule has 0 spiro atoms. The molecule has 132 heavy (non-hydrogen) atoms. The lowest BCUT2D eigenvalue weighted by molar-refractivity contribution is 0.660. The number of furan rings is 1. The number of rotatable bonds is 14. The molecule has 0 fully saturated rings. The molecule has 6 heteroatoms. The summed E-state index contributed by atoms with van der Waals surface area (Å²) >= 11 is 1.88. The Balaban J connectivity index is 0.000000142. The quantitative estimate of drug-likeness (QED) is 0.109. The van der Waals surface area contributed by atoms with E-state index in [2.05, 4.69) is 496 Å². The minimum absolute atomic E-state index is 0.117. The van der Waals surface area contributed by atoms with Crippen LogP contribution in [0.1, 0.15) is 49.9 Å². The molecule has 0 amide bonds. The van der Waals surface area contributed by atoms with E-state index >= 15 is 0 Å². The Kier molecular flexibility index (Phi) is 18.4. The highest BCUT2D eigenvalue weighted by Crippen LogP contribution is 2.55. The van der Waals surface area contributed by atoms with Crippen molar-refractivity contribution in [2.75, 3.05) is 9.80 Å². The lowest BCUT2D eigenvalue weighted by Crippen LogP contribution is -2.16. The fraction of sp³-hybridized carbons (Fsp3) is 0.0476. The monoisotopic (exact) mass is 1700 g/mol. The first-order valence-corrected chi connectivity index (χ1v) is 46.5. The lowest BCUT2D eigenvalue weighted by atomic mass is 9.82. The molecule has 26 rings (SSSR count). The van der Waals surface area contributed by atoms with Gasteiger partial charge in [0.25, 0.3) is 0 Å². The highest BCUT2D eigenvalue weighted by Gasteiger charge is 2.38. The van der Waals surface area contributed by atoms with E-state index in [0.29, 0.717) is 0 Å². The maximum Gasteiger partial charge on any atom is 0.143 e. The summed E-state index contributed by atoms with van der Waals surface area (Å²) in [5.74, 6) is 0. The second-order valence-corrected chi connectivity index (χ2v) is 37.3. The van der Waals surface area contributed by atoms with Crippen molar-refractivity contribution in [2.24, 2.45) is 0 Å². The predicted molar refractivity (Wildman–Crippen MR) is 559 cm³/mol. The fourth-order valence-electron chi connectivity index (χ4n) is 21.4. The van der Waals surface area contributed by atoms with Crippen molar-refractivity contribution < 1.29 is 4.42 Å². The summed E-state index contributed by atoms with van der Waals surface area (Å²) in [4.78, 5) is 4.82. The summed E-state index contributed by atoms with van der Waals surface area (Å²) in [5.41, 5.74) is 40.3. The first-order valence-electron chi connectivity index (χ1n) is 45.7. The van der Waals surface area contributed by atoms with E-state index in [0.717, 1.165) is 78.6 Å². The summed E-state index contributed by atoms with van der Waals surface area (Å²) in [6, 6.07) is 169. The SMILES string of the molecule is CC1(C)c2ccccc2-c2ccc(N(c3ccc(-c4ccc5c(c4)c4cc(-c6ccccc6)ccc4n5-c4ccccc4)cc3)c3ccc(-c4cccc5c4oc4ccccc45)cc3)cc21.CC1(C)c2ccccc2-c2ccc(N(c3ccc(-c4ccc5c(c4)c4cc(-c6ccccc6)ccc4n5-c4ccccc4)cc3)c3ccc(-c4cccc5c4sc4ccccc45)cc3)cc21. The van der Waals surface area contributed by atoms with E-state index in [9.17, 15) is 0 Å².